The lowest BCUT2D eigenvalue weighted by atomic mass is 10.0. The summed E-state index contributed by atoms with van der Waals surface area (Å²) in [6.45, 7) is 1.97. The molecule has 2 aromatic carbocycles. The molecule has 1 nitrogen and oxygen atoms in total. The van der Waals surface area contributed by atoms with E-state index in [0.29, 0.717) is 0 Å². The van der Waals surface area contributed by atoms with Crippen LogP contribution in [-0.2, 0) is 6.42 Å². The van der Waals surface area contributed by atoms with Gasteiger partial charge in [0.15, 0.2) is 5.01 Å². The highest BCUT2D eigenvalue weighted by molar-refractivity contribution is 9.09. The van der Waals surface area contributed by atoms with Gasteiger partial charge in [-0.1, -0.05) is 48.5 Å². The Balaban J connectivity index is 2.20. The first-order chi connectivity index (χ1) is 8.25. The molecule has 0 fully saturated rings. The second-order valence-electron chi connectivity index (χ2n) is 3.93. The highest BCUT2D eigenvalue weighted by atomic mass is 79.9. The van der Waals surface area contributed by atoms with Crippen LogP contribution in [0.2, 0.25) is 0 Å². The Kier molecular flexibility index (Phi) is 4.21. The molecule has 2 aromatic rings. The van der Waals surface area contributed by atoms with Crippen molar-refractivity contribution in [1.82, 2.24) is 0 Å². The fourth-order valence-electron chi connectivity index (χ4n) is 1.76. The molecular weight excluding hydrogens is 276 g/mol. The Morgan fingerprint density at radius 1 is 1.00 bits per heavy atom. The van der Waals surface area contributed by atoms with E-state index in [0.717, 1.165) is 12.2 Å². The summed E-state index contributed by atoms with van der Waals surface area (Å²) >= 11 is 3.41. The van der Waals surface area contributed by atoms with Crippen LogP contribution in [0.4, 0.5) is 0 Å². The van der Waals surface area contributed by atoms with E-state index in [1.807, 2.05) is 31.2 Å². The second kappa shape index (κ2) is 5.87. The summed E-state index contributed by atoms with van der Waals surface area (Å²) in [5.41, 5.74) is 2.51. The minimum Gasteiger partial charge on any atom is -0.479 e. The standard InChI is InChI=1S/C15H15BrO/c1-12(16)17-15-10-6-5-9-14(15)11-13-7-3-2-4-8-13/h2-10,12H,11H2,1H3. The maximum Gasteiger partial charge on any atom is 0.150 e. The van der Waals surface area contributed by atoms with Crippen LogP contribution in [0.15, 0.2) is 54.6 Å². The van der Waals surface area contributed by atoms with Gasteiger partial charge < -0.3 is 4.74 Å². The molecule has 0 spiro atoms. The van der Waals surface area contributed by atoms with Crippen molar-refractivity contribution in [1.29, 1.82) is 0 Å². The molecule has 0 saturated carbocycles. The molecule has 17 heavy (non-hydrogen) atoms. The van der Waals surface area contributed by atoms with Gasteiger partial charge in [0.2, 0.25) is 0 Å². The van der Waals surface area contributed by atoms with Crippen LogP contribution in [0.25, 0.3) is 0 Å². The van der Waals surface area contributed by atoms with Crippen LogP contribution in [0, 0.1) is 0 Å². The Labute approximate surface area is 111 Å². The number of hydrogen-bond donors (Lipinski definition) is 0. The van der Waals surface area contributed by atoms with Crippen LogP contribution >= 0.6 is 15.9 Å². The SMILES string of the molecule is CC(Br)Oc1ccccc1Cc1ccccc1. The third-order valence-corrected chi connectivity index (χ3v) is 2.69. The lowest BCUT2D eigenvalue weighted by Gasteiger charge is -2.13. The van der Waals surface area contributed by atoms with E-state index in [-0.39, 0.29) is 5.01 Å². The van der Waals surface area contributed by atoms with E-state index in [1.54, 1.807) is 0 Å². The van der Waals surface area contributed by atoms with Gasteiger partial charge in [-0.3, -0.25) is 0 Å². The first-order valence-electron chi connectivity index (χ1n) is 5.68. The van der Waals surface area contributed by atoms with Crippen molar-refractivity contribution < 1.29 is 4.74 Å². The van der Waals surface area contributed by atoms with Crippen molar-refractivity contribution in [3.05, 3.63) is 65.7 Å². The average molecular weight is 291 g/mol. The number of para-hydroxylation sites is 1. The molecule has 0 aliphatic carbocycles. The maximum atomic E-state index is 5.73. The average Bonchev–Trinajstić information content (AvgIpc) is 2.32. The zero-order chi connectivity index (χ0) is 12.1. The van der Waals surface area contributed by atoms with Gasteiger partial charge in [0.05, 0.1) is 0 Å². The van der Waals surface area contributed by atoms with Crippen LogP contribution in [-0.4, -0.2) is 5.01 Å². The third-order valence-electron chi connectivity index (χ3n) is 2.50. The number of benzene rings is 2. The van der Waals surface area contributed by atoms with Gasteiger partial charge in [0.25, 0.3) is 0 Å². The van der Waals surface area contributed by atoms with Gasteiger partial charge in [-0.05, 0) is 40.0 Å². The summed E-state index contributed by atoms with van der Waals surface area (Å²) < 4.78 is 5.73. The molecule has 0 radical (unpaired) electrons. The largest absolute Gasteiger partial charge is 0.479 e. The minimum absolute atomic E-state index is 0.0272. The van der Waals surface area contributed by atoms with Crippen LogP contribution in [0.1, 0.15) is 18.1 Å². The molecular formula is C15H15BrO. The van der Waals surface area contributed by atoms with Crippen molar-refractivity contribution in [2.75, 3.05) is 0 Å². The molecule has 1 unspecified atom stereocenters. The Morgan fingerprint density at radius 3 is 2.35 bits per heavy atom. The lowest BCUT2D eigenvalue weighted by molar-refractivity contribution is 0.311. The molecule has 0 bridgehead atoms. The van der Waals surface area contributed by atoms with E-state index in [2.05, 4.69) is 46.3 Å². The predicted octanol–water partition coefficient (Wildman–Crippen LogP) is 4.40. The fraction of sp³-hybridized carbons (Fsp3) is 0.200. The number of ether oxygens (including phenoxy) is 1. The summed E-state index contributed by atoms with van der Waals surface area (Å²) in [5, 5.41) is 0.0272. The van der Waals surface area contributed by atoms with Gasteiger partial charge in [-0.2, -0.15) is 0 Å². The topological polar surface area (TPSA) is 9.23 Å². The summed E-state index contributed by atoms with van der Waals surface area (Å²) in [4.78, 5) is 0. The number of rotatable bonds is 4. The highest BCUT2D eigenvalue weighted by Gasteiger charge is 2.05. The van der Waals surface area contributed by atoms with E-state index in [1.165, 1.54) is 11.1 Å². The normalized spacial score (nSPS) is 12.1. The van der Waals surface area contributed by atoms with Crippen molar-refractivity contribution in [3.8, 4) is 5.75 Å². The fourth-order valence-corrected chi connectivity index (χ4v) is 1.96. The highest BCUT2D eigenvalue weighted by Crippen LogP contribution is 2.23. The zero-order valence-electron chi connectivity index (χ0n) is 9.77. The van der Waals surface area contributed by atoms with E-state index in [9.17, 15) is 0 Å². The number of alkyl halides is 1. The maximum absolute atomic E-state index is 5.73. The van der Waals surface area contributed by atoms with Crippen LogP contribution in [0.5, 0.6) is 5.75 Å². The van der Waals surface area contributed by atoms with Crippen molar-refractivity contribution >= 4 is 15.9 Å². The van der Waals surface area contributed by atoms with Crippen LogP contribution < -0.4 is 4.74 Å². The molecule has 0 N–H and O–H groups in total. The van der Waals surface area contributed by atoms with Crippen LogP contribution in [0.3, 0.4) is 0 Å². The zero-order valence-corrected chi connectivity index (χ0v) is 11.4. The van der Waals surface area contributed by atoms with Gasteiger partial charge >= 0.3 is 0 Å². The number of halogens is 1. The molecule has 0 aliphatic rings. The summed E-state index contributed by atoms with van der Waals surface area (Å²) in [7, 11) is 0. The van der Waals surface area contributed by atoms with Gasteiger partial charge in [-0.15, -0.1) is 0 Å². The summed E-state index contributed by atoms with van der Waals surface area (Å²) in [6, 6.07) is 18.6. The van der Waals surface area contributed by atoms with E-state index in [4.69, 9.17) is 4.74 Å². The van der Waals surface area contributed by atoms with Crippen molar-refractivity contribution in [2.24, 2.45) is 0 Å². The lowest BCUT2D eigenvalue weighted by Crippen LogP contribution is -2.04. The smallest absolute Gasteiger partial charge is 0.150 e. The summed E-state index contributed by atoms with van der Waals surface area (Å²) in [5.74, 6) is 0.945. The first-order valence-corrected chi connectivity index (χ1v) is 6.60. The van der Waals surface area contributed by atoms with Crippen molar-refractivity contribution in [3.63, 3.8) is 0 Å². The van der Waals surface area contributed by atoms with E-state index < -0.39 is 0 Å². The Bertz CT molecular complexity index is 465. The van der Waals surface area contributed by atoms with Gasteiger partial charge in [0, 0.05) is 6.42 Å². The second-order valence-corrected chi connectivity index (χ2v) is 5.22. The Hall–Kier alpha value is -1.28. The number of hydrogen-bond acceptors (Lipinski definition) is 1. The monoisotopic (exact) mass is 290 g/mol. The molecule has 0 aromatic heterocycles. The van der Waals surface area contributed by atoms with Crippen molar-refractivity contribution in [2.45, 2.75) is 18.4 Å². The summed E-state index contributed by atoms with van der Waals surface area (Å²) in [6.07, 6.45) is 0.900. The quantitative estimate of drug-likeness (QED) is 0.759. The molecule has 0 aliphatic heterocycles. The molecule has 88 valence electrons. The van der Waals surface area contributed by atoms with Gasteiger partial charge in [-0.25, -0.2) is 0 Å². The predicted molar refractivity (Wildman–Crippen MR) is 74.7 cm³/mol. The Morgan fingerprint density at radius 2 is 1.65 bits per heavy atom. The first kappa shape index (κ1) is 12.2. The molecule has 0 saturated heterocycles. The molecule has 0 heterocycles. The molecule has 0 amide bonds. The third kappa shape index (κ3) is 3.60. The molecule has 1 atom stereocenters. The molecule has 2 rings (SSSR count). The van der Waals surface area contributed by atoms with E-state index >= 15 is 0 Å². The molecule has 2 heteroatoms. The van der Waals surface area contributed by atoms with Gasteiger partial charge in [0.1, 0.15) is 5.75 Å². The minimum atomic E-state index is 0.0272.